The molecule has 7 heteroatoms. The quantitative estimate of drug-likeness (QED) is 0.631. The molecule has 18 heavy (non-hydrogen) atoms. The molecule has 0 radical (unpaired) electrons. The van der Waals surface area contributed by atoms with Crippen LogP contribution in [0.1, 0.15) is 17.2 Å². The van der Waals surface area contributed by atoms with E-state index in [1.165, 1.54) is 18.0 Å². The van der Waals surface area contributed by atoms with Crippen molar-refractivity contribution in [3.63, 3.8) is 0 Å². The largest absolute Gasteiger partial charge is 0.248 e. The van der Waals surface area contributed by atoms with Gasteiger partial charge >= 0.3 is 0 Å². The van der Waals surface area contributed by atoms with Crippen molar-refractivity contribution >= 4 is 32.9 Å². The minimum Gasteiger partial charge on any atom is -0.248 e. The molecular weight excluding hydrogens is 293 g/mol. The smallest absolute Gasteiger partial charge is 0.214 e. The van der Waals surface area contributed by atoms with Crippen molar-refractivity contribution in [2.24, 2.45) is 4.36 Å². The fourth-order valence-corrected chi connectivity index (χ4v) is 3.08. The molecule has 0 aromatic carbocycles. The first-order chi connectivity index (χ1) is 8.51. The van der Waals surface area contributed by atoms with Crippen LogP contribution in [-0.2, 0) is 9.73 Å². The van der Waals surface area contributed by atoms with Crippen molar-refractivity contribution in [3.8, 4) is 6.19 Å². The molecule has 1 aromatic heterocycles. The molecular formula is C11H11Cl2N3OS. The van der Waals surface area contributed by atoms with Crippen LogP contribution in [0.2, 0.25) is 5.15 Å². The number of allylic oxidation sites excluding steroid dienone is 1. The van der Waals surface area contributed by atoms with Gasteiger partial charge in [-0.3, -0.25) is 0 Å². The molecule has 96 valence electrons. The van der Waals surface area contributed by atoms with Gasteiger partial charge in [0.15, 0.2) is 0 Å². The molecule has 0 aliphatic carbocycles. The molecule has 0 amide bonds. The van der Waals surface area contributed by atoms with E-state index in [1.807, 2.05) is 0 Å². The lowest BCUT2D eigenvalue weighted by Crippen LogP contribution is -2.11. The Bertz CT molecular complexity index is 583. The molecule has 0 N–H and O–H groups in total. The summed E-state index contributed by atoms with van der Waals surface area (Å²) >= 11 is 11.2. The summed E-state index contributed by atoms with van der Waals surface area (Å²) in [6.45, 7) is 0. The van der Waals surface area contributed by atoms with Gasteiger partial charge < -0.3 is 0 Å². The van der Waals surface area contributed by atoms with Gasteiger partial charge in [0, 0.05) is 18.0 Å². The third kappa shape index (κ3) is 3.98. The van der Waals surface area contributed by atoms with Crippen LogP contribution >= 0.6 is 23.2 Å². The van der Waals surface area contributed by atoms with Gasteiger partial charge in [-0.2, -0.15) is 5.26 Å². The van der Waals surface area contributed by atoms with Crippen molar-refractivity contribution in [1.29, 1.82) is 5.26 Å². The van der Waals surface area contributed by atoms with Crippen LogP contribution in [-0.4, -0.2) is 15.4 Å². The number of halogens is 2. The molecule has 0 saturated carbocycles. The molecule has 0 aliphatic heterocycles. The predicted octanol–water partition coefficient (Wildman–Crippen LogP) is 3.50. The number of pyridine rings is 1. The first kappa shape index (κ1) is 15.0. The number of nitrogens with zero attached hydrogens (tertiary/aromatic N) is 3. The van der Waals surface area contributed by atoms with E-state index in [0.717, 1.165) is 0 Å². The lowest BCUT2D eigenvalue weighted by molar-refractivity contribution is 0.669. The van der Waals surface area contributed by atoms with Gasteiger partial charge in [0.2, 0.25) is 6.19 Å². The van der Waals surface area contributed by atoms with E-state index in [4.69, 9.17) is 28.5 Å². The van der Waals surface area contributed by atoms with Crippen molar-refractivity contribution in [3.05, 3.63) is 40.7 Å². The van der Waals surface area contributed by atoms with Gasteiger partial charge in [-0.05, 0) is 18.1 Å². The van der Waals surface area contributed by atoms with Gasteiger partial charge in [-0.15, -0.1) is 4.36 Å². The SMILES string of the molecule is CS(=O)(=NC#N)C(C/C=C/Cl)c1ccc(Cl)nc1. The van der Waals surface area contributed by atoms with Crippen LogP contribution in [0.15, 0.2) is 34.3 Å². The van der Waals surface area contributed by atoms with E-state index in [-0.39, 0.29) is 0 Å². The molecule has 0 saturated heterocycles. The average Bonchev–Trinajstić information content (AvgIpc) is 2.31. The number of aromatic nitrogens is 1. The highest BCUT2D eigenvalue weighted by Crippen LogP contribution is 2.27. The Kier molecular flexibility index (Phi) is 5.60. The first-order valence-electron chi connectivity index (χ1n) is 4.97. The molecule has 4 nitrogen and oxygen atoms in total. The maximum atomic E-state index is 12.4. The first-order valence-corrected chi connectivity index (χ1v) is 7.77. The molecule has 2 atom stereocenters. The van der Waals surface area contributed by atoms with Gasteiger partial charge in [0.1, 0.15) is 5.15 Å². The van der Waals surface area contributed by atoms with Gasteiger partial charge in [0.25, 0.3) is 0 Å². The third-order valence-electron chi connectivity index (χ3n) is 2.31. The van der Waals surface area contributed by atoms with Crippen molar-refractivity contribution in [2.45, 2.75) is 11.7 Å². The number of hydrogen-bond acceptors (Lipinski definition) is 4. The maximum absolute atomic E-state index is 12.4. The zero-order valence-corrected chi connectivity index (χ0v) is 11.9. The zero-order valence-electron chi connectivity index (χ0n) is 9.59. The van der Waals surface area contributed by atoms with E-state index < -0.39 is 15.0 Å². The number of hydrogen-bond donors (Lipinski definition) is 0. The van der Waals surface area contributed by atoms with E-state index in [0.29, 0.717) is 17.1 Å². The summed E-state index contributed by atoms with van der Waals surface area (Å²) < 4.78 is 15.9. The Morgan fingerprint density at radius 1 is 1.67 bits per heavy atom. The molecule has 0 fully saturated rings. The molecule has 0 spiro atoms. The Morgan fingerprint density at radius 3 is 2.89 bits per heavy atom. The van der Waals surface area contributed by atoms with E-state index in [2.05, 4.69) is 9.35 Å². The maximum Gasteiger partial charge on any atom is 0.214 e. The van der Waals surface area contributed by atoms with E-state index in [9.17, 15) is 4.21 Å². The van der Waals surface area contributed by atoms with Crippen LogP contribution < -0.4 is 0 Å². The molecule has 0 aliphatic rings. The third-order valence-corrected chi connectivity index (χ3v) is 4.68. The zero-order chi connectivity index (χ0) is 13.6. The molecule has 2 unspecified atom stereocenters. The van der Waals surface area contributed by atoms with E-state index in [1.54, 1.807) is 24.4 Å². The molecule has 0 bridgehead atoms. The standard InChI is InChI=1S/C11H11Cl2N3OS/c1-18(17,16-8-14)10(3-2-6-12)9-4-5-11(13)15-7-9/h2,4-7,10H,3H2,1H3/b6-2+. The lowest BCUT2D eigenvalue weighted by atomic mass is 10.1. The Labute approximate surface area is 116 Å². The normalized spacial score (nSPS) is 15.9. The topological polar surface area (TPSA) is 66.1 Å². The highest BCUT2D eigenvalue weighted by atomic mass is 35.5. The summed E-state index contributed by atoms with van der Waals surface area (Å²) in [5.74, 6) is 0. The summed E-state index contributed by atoms with van der Waals surface area (Å²) in [6, 6.07) is 3.33. The second kappa shape index (κ2) is 6.74. The number of nitriles is 1. The Hall–Kier alpha value is -1.09. The van der Waals surface area contributed by atoms with Gasteiger partial charge in [-0.1, -0.05) is 35.3 Å². The van der Waals surface area contributed by atoms with Crippen LogP contribution in [0.25, 0.3) is 0 Å². The molecule has 1 rings (SSSR count). The Balaban J connectivity index is 3.22. The minimum absolute atomic E-state index is 0.352. The minimum atomic E-state index is -2.69. The summed E-state index contributed by atoms with van der Waals surface area (Å²) in [6.07, 6.45) is 6.64. The molecule has 1 aromatic rings. The van der Waals surface area contributed by atoms with Crippen molar-refractivity contribution in [1.82, 2.24) is 4.98 Å². The number of rotatable bonds is 4. The Morgan fingerprint density at radius 2 is 2.39 bits per heavy atom. The average molecular weight is 304 g/mol. The van der Waals surface area contributed by atoms with Crippen LogP contribution in [0, 0.1) is 11.5 Å². The molecule has 1 heterocycles. The van der Waals surface area contributed by atoms with Crippen molar-refractivity contribution in [2.75, 3.05) is 6.26 Å². The summed E-state index contributed by atoms with van der Waals surface area (Å²) in [5.41, 5.74) is 2.05. The summed E-state index contributed by atoms with van der Waals surface area (Å²) in [4.78, 5) is 3.94. The second-order valence-corrected chi connectivity index (χ2v) is 6.67. The van der Waals surface area contributed by atoms with Gasteiger partial charge in [-0.25, -0.2) is 9.19 Å². The van der Waals surface area contributed by atoms with Crippen LogP contribution in [0.5, 0.6) is 0 Å². The van der Waals surface area contributed by atoms with Crippen molar-refractivity contribution < 1.29 is 4.21 Å². The summed E-state index contributed by atoms with van der Waals surface area (Å²) in [7, 11) is -2.69. The van der Waals surface area contributed by atoms with Gasteiger partial charge in [0.05, 0.1) is 15.0 Å². The lowest BCUT2D eigenvalue weighted by Gasteiger charge is -2.16. The summed E-state index contributed by atoms with van der Waals surface area (Å²) in [5, 5.41) is 8.50. The fraction of sp³-hybridized carbons (Fsp3) is 0.273. The van der Waals surface area contributed by atoms with Crippen LogP contribution in [0.3, 0.4) is 0 Å². The fourth-order valence-electron chi connectivity index (χ4n) is 1.46. The monoisotopic (exact) mass is 303 g/mol. The highest BCUT2D eigenvalue weighted by molar-refractivity contribution is 7.93. The second-order valence-electron chi connectivity index (χ2n) is 3.55. The van der Waals surface area contributed by atoms with E-state index >= 15 is 0 Å². The van der Waals surface area contributed by atoms with Crippen LogP contribution in [0.4, 0.5) is 0 Å². The highest BCUT2D eigenvalue weighted by Gasteiger charge is 2.20. The predicted molar refractivity (Wildman–Crippen MR) is 73.7 cm³/mol.